The average molecular weight is 468 g/mol. The normalized spacial score (nSPS) is 12.1. The number of rotatable bonds is 14. The highest BCUT2D eigenvalue weighted by Crippen LogP contribution is 2.20. The Morgan fingerprint density at radius 2 is 1.97 bits per heavy atom. The zero-order valence-electron chi connectivity index (χ0n) is 18.2. The average Bonchev–Trinajstić information content (AvgIpc) is 3.19. The van der Waals surface area contributed by atoms with Crippen molar-refractivity contribution in [1.29, 1.82) is 0 Å². The molecular formula is C20H33N7O2S2. The van der Waals surface area contributed by atoms with E-state index in [0.29, 0.717) is 26.1 Å². The van der Waals surface area contributed by atoms with Crippen LogP contribution in [0.1, 0.15) is 11.3 Å². The van der Waals surface area contributed by atoms with Crippen LogP contribution in [-0.4, -0.2) is 82.3 Å². The summed E-state index contributed by atoms with van der Waals surface area (Å²) >= 11 is 0. The molecule has 172 valence electrons. The highest BCUT2D eigenvalue weighted by Gasteiger charge is 2.14. The Morgan fingerprint density at radius 1 is 1.23 bits per heavy atom. The monoisotopic (exact) mass is 467 g/mol. The number of nitrogens with two attached hydrogens (primary N) is 1. The molecule has 1 aromatic carbocycles. The minimum atomic E-state index is -0.196. The number of phenolic OH excluding ortho intramolecular Hbond substituents is 1. The predicted octanol–water partition coefficient (Wildman–Crippen LogP) is 1.34. The summed E-state index contributed by atoms with van der Waals surface area (Å²) in [6.07, 6.45) is 3.33. The summed E-state index contributed by atoms with van der Waals surface area (Å²) in [5, 5.41) is 23.5. The maximum atomic E-state index is 12.2. The quantitative estimate of drug-likeness (QED) is 0.243. The van der Waals surface area contributed by atoms with Crippen LogP contribution < -0.4 is 16.4 Å². The lowest BCUT2D eigenvalue weighted by Crippen LogP contribution is -2.45. The van der Waals surface area contributed by atoms with Crippen LogP contribution in [0.3, 0.4) is 0 Å². The van der Waals surface area contributed by atoms with Gasteiger partial charge in [0.2, 0.25) is 0 Å². The van der Waals surface area contributed by atoms with Gasteiger partial charge in [-0.2, -0.15) is 0 Å². The molecule has 2 rings (SSSR count). The Bertz CT molecular complexity index is 771. The second kappa shape index (κ2) is 14.2. The van der Waals surface area contributed by atoms with E-state index in [4.69, 9.17) is 5.73 Å². The number of urea groups is 1. The van der Waals surface area contributed by atoms with Crippen LogP contribution in [0.4, 0.5) is 4.79 Å². The summed E-state index contributed by atoms with van der Waals surface area (Å²) in [6.45, 7) is 2.52. The van der Waals surface area contributed by atoms with Crippen LogP contribution in [0.15, 0.2) is 30.5 Å². The maximum Gasteiger partial charge on any atom is 0.314 e. The van der Waals surface area contributed by atoms with Gasteiger partial charge in [0.05, 0.1) is 12.2 Å². The largest absolute Gasteiger partial charge is 0.508 e. The fourth-order valence-corrected chi connectivity index (χ4v) is 4.59. The number of carbonyl (C=O) groups excluding carboxylic acids is 1. The highest BCUT2D eigenvalue weighted by molar-refractivity contribution is 8.76. The molecule has 0 aliphatic carbocycles. The van der Waals surface area contributed by atoms with Crippen LogP contribution >= 0.6 is 21.6 Å². The van der Waals surface area contributed by atoms with Gasteiger partial charge in [-0.3, -0.25) is 4.68 Å². The van der Waals surface area contributed by atoms with Crippen molar-refractivity contribution < 1.29 is 9.90 Å². The first-order chi connectivity index (χ1) is 15.0. The third-order valence-corrected chi connectivity index (χ3v) is 7.00. The van der Waals surface area contributed by atoms with Gasteiger partial charge in [0, 0.05) is 49.8 Å². The Hall–Kier alpha value is -1.95. The molecule has 31 heavy (non-hydrogen) atoms. The second-order valence-corrected chi connectivity index (χ2v) is 9.98. The van der Waals surface area contributed by atoms with Gasteiger partial charge in [0.25, 0.3) is 0 Å². The molecule has 0 saturated heterocycles. The summed E-state index contributed by atoms with van der Waals surface area (Å²) in [5.41, 5.74) is 7.44. The van der Waals surface area contributed by atoms with E-state index in [1.54, 1.807) is 33.7 Å². The maximum absolute atomic E-state index is 12.2. The molecule has 0 radical (unpaired) electrons. The minimum Gasteiger partial charge on any atom is -0.508 e. The standard InChI is InChI=1S/C20H33N7O2S2/c1-26(2)18(13-16-3-5-19(28)6-4-16)14-23-20(29)22-9-7-17-15-27(25-24-17)10-12-31-30-11-8-21/h3-6,15,18,28H,7-14,21H2,1-2H3,(H2,22,23,29). The molecule has 2 amide bonds. The van der Waals surface area contributed by atoms with Crippen LogP contribution in [0.5, 0.6) is 5.75 Å². The highest BCUT2D eigenvalue weighted by atomic mass is 33.1. The molecular weight excluding hydrogens is 434 g/mol. The van der Waals surface area contributed by atoms with Crippen LogP contribution in [0, 0.1) is 0 Å². The molecule has 1 atom stereocenters. The number of aromatic nitrogens is 3. The second-order valence-electron chi connectivity index (χ2n) is 7.28. The summed E-state index contributed by atoms with van der Waals surface area (Å²) in [4.78, 5) is 14.2. The molecule has 1 unspecified atom stereocenters. The SMILES string of the molecule is CN(C)C(CNC(=O)NCCc1cn(CCSSCCN)nn1)Cc1ccc(O)cc1. The Labute approximate surface area is 191 Å². The number of nitrogens with one attached hydrogen (secondary N) is 2. The summed E-state index contributed by atoms with van der Waals surface area (Å²) < 4.78 is 1.83. The zero-order valence-corrected chi connectivity index (χ0v) is 19.8. The number of phenols is 1. The smallest absolute Gasteiger partial charge is 0.314 e. The molecule has 0 bridgehead atoms. The van der Waals surface area contributed by atoms with E-state index in [9.17, 15) is 9.90 Å². The van der Waals surface area contributed by atoms with Crippen molar-refractivity contribution in [2.45, 2.75) is 25.4 Å². The summed E-state index contributed by atoms with van der Waals surface area (Å²) in [7, 11) is 7.53. The number of nitrogens with zero attached hydrogens (tertiary/aromatic N) is 4. The number of hydrogen-bond acceptors (Lipinski definition) is 8. The molecule has 5 N–H and O–H groups in total. The van der Waals surface area contributed by atoms with Gasteiger partial charge in [0.1, 0.15) is 5.75 Å². The van der Waals surface area contributed by atoms with Crippen LogP contribution in [0.25, 0.3) is 0 Å². The van der Waals surface area contributed by atoms with Gasteiger partial charge in [-0.1, -0.05) is 38.9 Å². The van der Waals surface area contributed by atoms with Crippen molar-refractivity contribution >= 4 is 27.6 Å². The van der Waals surface area contributed by atoms with Gasteiger partial charge in [-0.15, -0.1) is 5.10 Å². The fourth-order valence-electron chi connectivity index (χ4n) is 2.78. The third-order valence-electron chi connectivity index (χ3n) is 4.58. The number of hydrogen-bond donors (Lipinski definition) is 4. The molecule has 2 aromatic rings. The summed E-state index contributed by atoms with van der Waals surface area (Å²) in [6, 6.07) is 7.11. The minimum absolute atomic E-state index is 0.149. The molecule has 0 aliphatic heterocycles. The van der Waals surface area contributed by atoms with Crippen molar-refractivity contribution in [3.63, 3.8) is 0 Å². The number of benzene rings is 1. The van der Waals surface area contributed by atoms with Gasteiger partial charge in [-0.05, 0) is 38.2 Å². The predicted molar refractivity (Wildman–Crippen MR) is 128 cm³/mol. The molecule has 0 saturated carbocycles. The number of aryl methyl sites for hydroxylation is 1. The Kier molecular flexibility index (Phi) is 11.6. The van der Waals surface area contributed by atoms with Crippen molar-refractivity contribution in [3.8, 4) is 5.75 Å². The molecule has 1 aromatic heterocycles. The van der Waals surface area contributed by atoms with E-state index in [1.807, 2.05) is 37.1 Å². The first kappa shape index (κ1) is 25.3. The van der Waals surface area contributed by atoms with Gasteiger partial charge < -0.3 is 26.4 Å². The van der Waals surface area contributed by atoms with E-state index < -0.39 is 0 Å². The van der Waals surface area contributed by atoms with Crippen molar-refractivity contribution in [2.75, 3.05) is 45.2 Å². The lowest BCUT2D eigenvalue weighted by atomic mass is 10.1. The molecule has 0 fully saturated rings. The van der Waals surface area contributed by atoms with E-state index in [-0.39, 0.29) is 17.8 Å². The number of carbonyl (C=O) groups is 1. The lowest BCUT2D eigenvalue weighted by molar-refractivity contribution is 0.232. The molecule has 0 spiro atoms. The number of amides is 2. The fraction of sp³-hybridized carbons (Fsp3) is 0.550. The molecule has 0 aliphatic rings. The molecule has 9 nitrogen and oxygen atoms in total. The van der Waals surface area contributed by atoms with Gasteiger partial charge in [-0.25, -0.2) is 4.79 Å². The Balaban J connectivity index is 1.65. The molecule has 1 heterocycles. The van der Waals surface area contributed by atoms with E-state index in [1.165, 1.54) is 0 Å². The van der Waals surface area contributed by atoms with Crippen molar-refractivity contribution in [3.05, 3.63) is 41.7 Å². The Morgan fingerprint density at radius 3 is 2.68 bits per heavy atom. The number of aromatic hydroxyl groups is 1. The van der Waals surface area contributed by atoms with Crippen molar-refractivity contribution in [2.24, 2.45) is 5.73 Å². The van der Waals surface area contributed by atoms with Gasteiger partial charge >= 0.3 is 6.03 Å². The first-order valence-electron chi connectivity index (χ1n) is 10.3. The first-order valence-corrected chi connectivity index (χ1v) is 12.8. The van der Waals surface area contributed by atoms with Gasteiger partial charge in [0.15, 0.2) is 0 Å². The van der Waals surface area contributed by atoms with Crippen molar-refractivity contribution in [1.82, 2.24) is 30.5 Å². The van der Waals surface area contributed by atoms with E-state index >= 15 is 0 Å². The van der Waals surface area contributed by atoms with E-state index in [2.05, 4.69) is 25.8 Å². The van der Waals surface area contributed by atoms with E-state index in [0.717, 1.165) is 35.7 Å². The molecule has 11 heteroatoms. The van der Waals surface area contributed by atoms with Crippen LogP contribution in [-0.2, 0) is 19.4 Å². The summed E-state index contributed by atoms with van der Waals surface area (Å²) in [5.74, 6) is 2.15. The topological polar surface area (TPSA) is 121 Å². The van der Waals surface area contributed by atoms with Crippen LogP contribution in [0.2, 0.25) is 0 Å². The lowest BCUT2D eigenvalue weighted by Gasteiger charge is -2.25. The number of likely N-dealkylation sites (N-methyl/N-ethyl adjacent to an activating group) is 1. The third kappa shape index (κ3) is 10.3. The zero-order chi connectivity index (χ0) is 22.5.